The van der Waals surface area contributed by atoms with Crippen LogP contribution in [0.2, 0.25) is 0 Å². The number of ether oxygens (including phenoxy) is 2. The van der Waals surface area contributed by atoms with Gasteiger partial charge in [0.15, 0.2) is 0 Å². The Morgan fingerprint density at radius 3 is 2.69 bits per heavy atom. The summed E-state index contributed by atoms with van der Waals surface area (Å²) in [5, 5.41) is 0.891. The number of esters is 1. The van der Waals surface area contributed by atoms with E-state index in [2.05, 4.69) is 0 Å². The summed E-state index contributed by atoms with van der Waals surface area (Å²) in [6.07, 6.45) is 3.56. The Morgan fingerprint density at radius 2 is 1.88 bits per heavy atom. The highest BCUT2D eigenvalue weighted by Crippen LogP contribution is 2.30. The van der Waals surface area contributed by atoms with Gasteiger partial charge in [0.1, 0.15) is 5.75 Å². The Hall–Kier alpha value is -2.88. The standard InChI is InChI=1S/C22H21NO3/c1-25-16-11-9-15(10-12-16)13-14-26-22(24)21-17-5-2-3-7-19(17)23-20-8-4-6-18(20)21/h2-3,5,7,9-12H,4,6,8,13-14H2,1H3. The van der Waals surface area contributed by atoms with E-state index in [0.717, 1.165) is 52.7 Å². The molecule has 132 valence electrons. The second-order valence-electron chi connectivity index (χ2n) is 6.52. The van der Waals surface area contributed by atoms with Crippen molar-refractivity contribution in [2.24, 2.45) is 0 Å². The summed E-state index contributed by atoms with van der Waals surface area (Å²) in [6.45, 7) is 0.358. The fraction of sp³-hybridized carbons (Fsp3) is 0.273. The van der Waals surface area contributed by atoms with Gasteiger partial charge in [-0.15, -0.1) is 0 Å². The van der Waals surface area contributed by atoms with Gasteiger partial charge in [0, 0.05) is 17.5 Å². The lowest BCUT2D eigenvalue weighted by Gasteiger charge is -2.12. The first-order valence-corrected chi connectivity index (χ1v) is 8.97. The first-order chi connectivity index (χ1) is 12.8. The van der Waals surface area contributed by atoms with Crippen molar-refractivity contribution in [2.45, 2.75) is 25.7 Å². The van der Waals surface area contributed by atoms with E-state index in [1.807, 2.05) is 48.5 Å². The molecule has 26 heavy (non-hydrogen) atoms. The lowest BCUT2D eigenvalue weighted by molar-refractivity contribution is 0.0510. The van der Waals surface area contributed by atoms with Crippen molar-refractivity contribution in [1.82, 2.24) is 4.98 Å². The summed E-state index contributed by atoms with van der Waals surface area (Å²) >= 11 is 0. The number of rotatable bonds is 5. The number of pyridine rings is 1. The predicted octanol–water partition coefficient (Wildman–Crippen LogP) is 4.13. The van der Waals surface area contributed by atoms with Crippen LogP contribution in [0.3, 0.4) is 0 Å². The fourth-order valence-electron chi connectivity index (χ4n) is 3.57. The largest absolute Gasteiger partial charge is 0.497 e. The molecule has 0 atom stereocenters. The van der Waals surface area contributed by atoms with Gasteiger partial charge in [-0.1, -0.05) is 30.3 Å². The summed E-state index contributed by atoms with van der Waals surface area (Å²) in [5.74, 6) is 0.583. The SMILES string of the molecule is COc1ccc(CCOC(=O)c2c3c(nc4ccccc24)CCC3)cc1. The topological polar surface area (TPSA) is 48.4 Å². The van der Waals surface area contributed by atoms with Gasteiger partial charge < -0.3 is 9.47 Å². The van der Waals surface area contributed by atoms with Crippen molar-refractivity contribution in [2.75, 3.05) is 13.7 Å². The first kappa shape index (κ1) is 16.6. The molecule has 0 radical (unpaired) electrons. The van der Waals surface area contributed by atoms with Crippen molar-refractivity contribution >= 4 is 16.9 Å². The van der Waals surface area contributed by atoms with Gasteiger partial charge in [0.25, 0.3) is 0 Å². The molecule has 2 aromatic carbocycles. The van der Waals surface area contributed by atoms with Crippen LogP contribution in [0.4, 0.5) is 0 Å². The molecule has 0 fully saturated rings. The van der Waals surface area contributed by atoms with Gasteiger partial charge >= 0.3 is 5.97 Å². The normalized spacial score (nSPS) is 12.8. The van der Waals surface area contributed by atoms with Crippen molar-refractivity contribution in [3.8, 4) is 5.75 Å². The molecule has 1 aromatic heterocycles. The smallest absolute Gasteiger partial charge is 0.339 e. The Balaban J connectivity index is 1.53. The van der Waals surface area contributed by atoms with Crippen LogP contribution in [0, 0.1) is 0 Å². The summed E-state index contributed by atoms with van der Waals surface area (Å²) in [5.41, 5.74) is 4.81. The van der Waals surface area contributed by atoms with E-state index in [-0.39, 0.29) is 5.97 Å². The average molecular weight is 347 g/mol. The van der Waals surface area contributed by atoms with Crippen molar-refractivity contribution < 1.29 is 14.3 Å². The van der Waals surface area contributed by atoms with Crippen LogP contribution < -0.4 is 4.74 Å². The fourth-order valence-corrected chi connectivity index (χ4v) is 3.57. The zero-order chi connectivity index (χ0) is 17.9. The minimum absolute atomic E-state index is 0.240. The van der Waals surface area contributed by atoms with E-state index < -0.39 is 0 Å². The number of aryl methyl sites for hydroxylation is 1. The molecule has 0 aliphatic heterocycles. The zero-order valence-corrected chi connectivity index (χ0v) is 14.8. The van der Waals surface area contributed by atoms with E-state index in [4.69, 9.17) is 14.5 Å². The number of hydrogen-bond acceptors (Lipinski definition) is 4. The first-order valence-electron chi connectivity index (χ1n) is 8.97. The lowest BCUT2D eigenvalue weighted by atomic mass is 10.0. The van der Waals surface area contributed by atoms with E-state index >= 15 is 0 Å². The quantitative estimate of drug-likeness (QED) is 0.651. The molecule has 4 heteroatoms. The Morgan fingerprint density at radius 1 is 1.08 bits per heavy atom. The number of benzene rings is 2. The van der Waals surface area contributed by atoms with Crippen molar-refractivity contribution in [1.29, 1.82) is 0 Å². The number of hydrogen-bond donors (Lipinski definition) is 0. The summed E-state index contributed by atoms with van der Waals surface area (Å²) < 4.78 is 10.8. The van der Waals surface area contributed by atoms with Gasteiger partial charge in [-0.3, -0.25) is 4.98 Å². The monoisotopic (exact) mass is 347 g/mol. The van der Waals surface area contributed by atoms with Crippen LogP contribution in [0.25, 0.3) is 10.9 Å². The molecule has 4 rings (SSSR count). The maximum absolute atomic E-state index is 12.8. The van der Waals surface area contributed by atoms with E-state index in [1.165, 1.54) is 0 Å². The molecule has 0 spiro atoms. The van der Waals surface area contributed by atoms with Gasteiger partial charge in [0.05, 0.1) is 24.8 Å². The molecular formula is C22H21NO3. The molecule has 1 aliphatic carbocycles. The molecule has 4 nitrogen and oxygen atoms in total. The maximum Gasteiger partial charge on any atom is 0.339 e. The number of methoxy groups -OCH3 is 1. The number of carbonyl (C=O) groups excluding carboxylic acids is 1. The number of carbonyl (C=O) groups is 1. The summed E-state index contributed by atoms with van der Waals surface area (Å²) in [6, 6.07) is 15.6. The number of para-hydroxylation sites is 1. The Bertz CT molecular complexity index is 948. The van der Waals surface area contributed by atoms with Gasteiger partial charge in [-0.2, -0.15) is 0 Å². The van der Waals surface area contributed by atoms with Gasteiger partial charge in [-0.25, -0.2) is 4.79 Å². The third-order valence-electron chi connectivity index (χ3n) is 4.91. The maximum atomic E-state index is 12.8. The second kappa shape index (κ2) is 7.16. The van der Waals surface area contributed by atoms with Crippen LogP contribution in [0.5, 0.6) is 5.75 Å². The van der Waals surface area contributed by atoms with Crippen LogP contribution in [-0.2, 0) is 24.0 Å². The minimum Gasteiger partial charge on any atom is -0.497 e. The minimum atomic E-state index is -0.240. The van der Waals surface area contributed by atoms with Crippen LogP contribution in [-0.4, -0.2) is 24.7 Å². The van der Waals surface area contributed by atoms with Crippen LogP contribution >= 0.6 is 0 Å². The van der Waals surface area contributed by atoms with Crippen LogP contribution in [0.15, 0.2) is 48.5 Å². The van der Waals surface area contributed by atoms with E-state index in [9.17, 15) is 4.79 Å². The molecule has 0 unspecified atom stereocenters. The molecule has 0 amide bonds. The third kappa shape index (κ3) is 3.15. The molecule has 0 bridgehead atoms. The lowest BCUT2D eigenvalue weighted by Crippen LogP contribution is -2.12. The highest BCUT2D eigenvalue weighted by molar-refractivity contribution is 6.05. The molecule has 1 heterocycles. The van der Waals surface area contributed by atoms with E-state index in [0.29, 0.717) is 18.6 Å². The third-order valence-corrected chi connectivity index (χ3v) is 4.91. The number of aromatic nitrogens is 1. The summed E-state index contributed by atoms with van der Waals surface area (Å²) in [4.78, 5) is 17.6. The molecule has 1 aliphatic rings. The molecule has 0 saturated carbocycles. The number of nitrogens with zero attached hydrogens (tertiary/aromatic N) is 1. The zero-order valence-electron chi connectivity index (χ0n) is 14.8. The molecule has 3 aromatic rings. The average Bonchev–Trinajstić information content (AvgIpc) is 3.14. The predicted molar refractivity (Wildman–Crippen MR) is 101 cm³/mol. The van der Waals surface area contributed by atoms with Gasteiger partial charge in [0.2, 0.25) is 0 Å². The number of fused-ring (bicyclic) bond motifs is 2. The van der Waals surface area contributed by atoms with Crippen molar-refractivity contribution in [3.05, 3.63) is 70.9 Å². The molecular weight excluding hydrogens is 326 g/mol. The van der Waals surface area contributed by atoms with Crippen molar-refractivity contribution in [3.63, 3.8) is 0 Å². The highest BCUT2D eigenvalue weighted by Gasteiger charge is 2.24. The molecule has 0 N–H and O–H groups in total. The Labute approximate surface area is 152 Å². The second-order valence-corrected chi connectivity index (χ2v) is 6.52. The Kier molecular flexibility index (Phi) is 4.57. The van der Waals surface area contributed by atoms with Crippen LogP contribution in [0.1, 0.15) is 33.6 Å². The van der Waals surface area contributed by atoms with Gasteiger partial charge in [-0.05, 0) is 48.6 Å². The molecule has 0 saturated heterocycles. The highest BCUT2D eigenvalue weighted by atomic mass is 16.5. The van der Waals surface area contributed by atoms with E-state index in [1.54, 1.807) is 7.11 Å². The summed E-state index contributed by atoms with van der Waals surface area (Å²) in [7, 11) is 1.65.